The van der Waals surface area contributed by atoms with Gasteiger partial charge in [0.15, 0.2) is 0 Å². The van der Waals surface area contributed by atoms with Crippen molar-refractivity contribution in [3.63, 3.8) is 0 Å². The predicted octanol–water partition coefficient (Wildman–Crippen LogP) is 1.76. The number of hydrogen-bond donors (Lipinski definition) is 2. The smallest absolute Gasteiger partial charge is 0.235 e. The molecule has 1 amide bonds. The predicted molar refractivity (Wildman–Crippen MR) is 71.6 cm³/mol. The van der Waals surface area contributed by atoms with Crippen LogP contribution in [0.1, 0.15) is 18.4 Å². The maximum atomic E-state index is 12.3. The van der Waals surface area contributed by atoms with Gasteiger partial charge < -0.3 is 5.32 Å². The lowest BCUT2D eigenvalue weighted by atomic mass is 9.74. The number of fused-ring (bicyclic) bond motifs is 2. The normalized spacial score (nSPS) is 22.0. The molecule has 1 fully saturated rings. The van der Waals surface area contributed by atoms with Gasteiger partial charge in [-0.1, -0.05) is 11.6 Å². The lowest BCUT2D eigenvalue weighted by molar-refractivity contribution is -0.122. The van der Waals surface area contributed by atoms with Crippen LogP contribution >= 0.6 is 11.6 Å². The number of rotatable bonds is 1. The van der Waals surface area contributed by atoms with Gasteiger partial charge in [0, 0.05) is 23.8 Å². The van der Waals surface area contributed by atoms with Gasteiger partial charge in [0.1, 0.15) is 0 Å². The van der Waals surface area contributed by atoms with Crippen LogP contribution in [-0.2, 0) is 10.2 Å². The average molecular weight is 266 g/mol. The molecular weight excluding hydrogens is 250 g/mol. The third-order valence-corrected chi connectivity index (χ3v) is 4.35. The van der Waals surface area contributed by atoms with Crippen LogP contribution in [0, 0.1) is 0 Å². The van der Waals surface area contributed by atoms with Crippen LogP contribution in [-0.4, -0.2) is 31.1 Å². The Hall–Kier alpha value is -1.10. The Kier molecular flexibility index (Phi) is 2.81. The zero-order valence-electron chi connectivity index (χ0n) is 10.3. The van der Waals surface area contributed by atoms with Crippen molar-refractivity contribution in [3.8, 4) is 0 Å². The van der Waals surface area contributed by atoms with Gasteiger partial charge in [-0.05, 0) is 43.7 Å². The molecule has 0 unspecified atom stereocenters. The second-order valence-electron chi connectivity index (χ2n) is 4.94. The minimum Gasteiger partial charge on any atom is -0.325 e. The third kappa shape index (κ3) is 1.64. The van der Waals surface area contributed by atoms with Crippen LogP contribution in [0.3, 0.4) is 0 Å². The number of halogens is 1. The van der Waals surface area contributed by atoms with E-state index in [1.807, 2.05) is 25.2 Å². The summed E-state index contributed by atoms with van der Waals surface area (Å²) in [5, 5.41) is 5.82. The van der Waals surface area contributed by atoms with Gasteiger partial charge in [0.2, 0.25) is 5.91 Å². The fraction of sp³-hybridized carbons (Fsp3) is 0.462. The first-order valence-corrected chi connectivity index (χ1v) is 6.57. The molecule has 18 heavy (non-hydrogen) atoms. The van der Waals surface area contributed by atoms with Crippen molar-refractivity contribution in [2.45, 2.75) is 18.3 Å². The first kappa shape index (κ1) is 12.0. The van der Waals surface area contributed by atoms with Crippen molar-refractivity contribution in [2.75, 3.05) is 25.5 Å². The summed E-state index contributed by atoms with van der Waals surface area (Å²) in [4.78, 5) is 12.3. The van der Waals surface area contributed by atoms with Gasteiger partial charge >= 0.3 is 0 Å². The minimum absolute atomic E-state index is 0.121. The zero-order valence-corrected chi connectivity index (χ0v) is 11.0. The summed E-state index contributed by atoms with van der Waals surface area (Å²) in [6.07, 6.45) is 1.65. The molecule has 96 valence electrons. The molecule has 4 nitrogen and oxygen atoms in total. The molecule has 2 aliphatic rings. The fourth-order valence-electron chi connectivity index (χ4n) is 2.99. The molecule has 1 saturated heterocycles. The number of hydrogen-bond acceptors (Lipinski definition) is 3. The molecule has 0 radical (unpaired) electrons. The number of hydrazine groups is 1. The molecule has 1 aromatic rings. The van der Waals surface area contributed by atoms with Crippen molar-refractivity contribution in [1.29, 1.82) is 0 Å². The summed E-state index contributed by atoms with van der Waals surface area (Å²) in [6.45, 7) is 1.74. The maximum Gasteiger partial charge on any atom is 0.235 e. The van der Waals surface area contributed by atoms with Gasteiger partial charge in [0.05, 0.1) is 5.41 Å². The van der Waals surface area contributed by atoms with Crippen LogP contribution in [0.15, 0.2) is 18.2 Å². The standard InChI is InChI=1S/C13H16ClN3O/c1-15-17-6-4-13(5-7-17)10-8-9(14)2-3-11(10)16-12(13)18/h2-3,8,15H,4-7H2,1H3,(H,16,18). The van der Waals surface area contributed by atoms with Crippen molar-refractivity contribution in [2.24, 2.45) is 0 Å². The van der Waals surface area contributed by atoms with Crippen LogP contribution in [0.2, 0.25) is 5.02 Å². The molecule has 2 N–H and O–H groups in total. The molecule has 0 atom stereocenters. The number of benzene rings is 1. The van der Waals surface area contributed by atoms with E-state index < -0.39 is 0 Å². The Morgan fingerprint density at radius 2 is 2.11 bits per heavy atom. The summed E-state index contributed by atoms with van der Waals surface area (Å²) in [7, 11) is 1.91. The van der Waals surface area contributed by atoms with Gasteiger partial charge in [-0.3, -0.25) is 10.2 Å². The van der Waals surface area contributed by atoms with E-state index in [9.17, 15) is 4.79 Å². The topological polar surface area (TPSA) is 44.4 Å². The Balaban J connectivity index is 1.98. The number of nitrogens with one attached hydrogen (secondary N) is 2. The number of carbonyl (C=O) groups is 1. The summed E-state index contributed by atoms with van der Waals surface area (Å²) in [6, 6.07) is 5.65. The second-order valence-corrected chi connectivity index (χ2v) is 5.37. The van der Waals surface area contributed by atoms with Crippen LogP contribution in [0.5, 0.6) is 0 Å². The molecule has 0 aliphatic carbocycles. The van der Waals surface area contributed by atoms with E-state index in [0.717, 1.165) is 37.2 Å². The summed E-state index contributed by atoms with van der Waals surface area (Å²) in [5.74, 6) is 0.121. The monoisotopic (exact) mass is 265 g/mol. The van der Waals surface area contributed by atoms with E-state index in [2.05, 4.69) is 15.8 Å². The number of carbonyl (C=O) groups excluding carboxylic acids is 1. The molecular formula is C13H16ClN3O. The molecule has 1 aromatic carbocycles. The largest absolute Gasteiger partial charge is 0.325 e. The first-order valence-electron chi connectivity index (χ1n) is 6.19. The highest BCUT2D eigenvalue weighted by Gasteiger charge is 2.48. The van der Waals surface area contributed by atoms with Crippen LogP contribution in [0.4, 0.5) is 5.69 Å². The third-order valence-electron chi connectivity index (χ3n) is 4.11. The summed E-state index contributed by atoms with van der Waals surface area (Å²) >= 11 is 6.07. The van der Waals surface area contributed by atoms with E-state index in [4.69, 9.17) is 11.6 Å². The van der Waals surface area contributed by atoms with E-state index in [1.54, 1.807) is 0 Å². The van der Waals surface area contributed by atoms with E-state index in [0.29, 0.717) is 5.02 Å². The second kappa shape index (κ2) is 4.23. The van der Waals surface area contributed by atoms with E-state index >= 15 is 0 Å². The first-order chi connectivity index (χ1) is 8.65. The van der Waals surface area contributed by atoms with Crippen molar-refractivity contribution < 1.29 is 4.79 Å². The summed E-state index contributed by atoms with van der Waals surface area (Å²) < 4.78 is 0. The number of amides is 1. The quantitative estimate of drug-likeness (QED) is 0.813. The Labute approximate surface area is 111 Å². The number of piperidine rings is 1. The van der Waals surface area contributed by atoms with E-state index in [-0.39, 0.29) is 11.3 Å². The average Bonchev–Trinajstić information content (AvgIpc) is 2.64. The molecule has 0 saturated carbocycles. The SMILES string of the molecule is CNN1CCC2(CC1)C(=O)Nc1ccc(Cl)cc12. The van der Waals surface area contributed by atoms with Crippen LogP contribution in [0.25, 0.3) is 0 Å². The lowest BCUT2D eigenvalue weighted by Gasteiger charge is -2.37. The van der Waals surface area contributed by atoms with Gasteiger partial charge in [-0.25, -0.2) is 5.01 Å². The molecule has 2 aliphatic heterocycles. The zero-order chi connectivity index (χ0) is 12.8. The highest BCUT2D eigenvalue weighted by atomic mass is 35.5. The minimum atomic E-state index is -0.381. The van der Waals surface area contributed by atoms with Gasteiger partial charge in [0.25, 0.3) is 0 Å². The maximum absolute atomic E-state index is 12.3. The number of nitrogens with zero attached hydrogens (tertiary/aromatic N) is 1. The van der Waals surface area contributed by atoms with Gasteiger partial charge in [-0.2, -0.15) is 0 Å². The van der Waals surface area contributed by atoms with Crippen LogP contribution < -0.4 is 10.7 Å². The van der Waals surface area contributed by atoms with Crippen molar-refractivity contribution in [1.82, 2.24) is 10.4 Å². The van der Waals surface area contributed by atoms with Crippen molar-refractivity contribution >= 4 is 23.2 Å². The fourth-order valence-corrected chi connectivity index (χ4v) is 3.17. The molecule has 0 aromatic heterocycles. The Bertz CT molecular complexity index is 495. The molecule has 5 heteroatoms. The molecule has 0 bridgehead atoms. The molecule has 2 heterocycles. The van der Waals surface area contributed by atoms with Gasteiger partial charge in [-0.15, -0.1) is 0 Å². The summed E-state index contributed by atoms with van der Waals surface area (Å²) in [5.41, 5.74) is 4.74. The Morgan fingerprint density at radius 3 is 2.78 bits per heavy atom. The van der Waals surface area contributed by atoms with E-state index in [1.165, 1.54) is 0 Å². The highest BCUT2D eigenvalue weighted by molar-refractivity contribution is 6.31. The van der Waals surface area contributed by atoms with Crippen molar-refractivity contribution in [3.05, 3.63) is 28.8 Å². The highest BCUT2D eigenvalue weighted by Crippen LogP contribution is 2.45. The Morgan fingerprint density at radius 1 is 1.39 bits per heavy atom. The molecule has 3 rings (SSSR count). The number of anilines is 1. The molecule has 1 spiro atoms. The lowest BCUT2D eigenvalue weighted by Crippen LogP contribution is -2.50.